The number of ketones is 1. The first-order valence-electron chi connectivity index (χ1n) is 4.19. The molecule has 0 heterocycles. The Morgan fingerprint density at radius 2 is 2.07 bits per heavy atom. The fourth-order valence-corrected chi connectivity index (χ4v) is 1.58. The maximum Gasteiger partial charge on any atom is 0.264 e. The summed E-state index contributed by atoms with van der Waals surface area (Å²) in [6.07, 6.45) is -2.70. The average Bonchev–Trinajstić information content (AvgIpc) is 2.16. The number of benzene rings is 1. The van der Waals surface area contributed by atoms with Gasteiger partial charge in [-0.2, -0.15) is 0 Å². The van der Waals surface area contributed by atoms with Crippen molar-refractivity contribution in [1.82, 2.24) is 0 Å². The van der Waals surface area contributed by atoms with Crippen LogP contribution in [0.3, 0.4) is 0 Å². The van der Waals surface area contributed by atoms with Crippen LogP contribution in [0, 0.1) is 0 Å². The van der Waals surface area contributed by atoms with Gasteiger partial charge in [0.25, 0.3) is 6.43 Å². The molecule has 1 rings (SSSR count). The molecule has 0 N–H and O–H groups in total. The minimum Gasteiger partial charge on any atom is -0.293 e. The Morgan fingerprint density at radius 1 is 1.47 bits per heavy atom. The lowest BCUT2D eigenvalue weighted by Gasteiger charge is -2.09. The second-order valence-corrected chi connectivity index (χ2v) is 4.82. The van der Waals surface area contributed by atoms with Crippen LogP contribution in [0.5, 0.6) is 0 Å². The predicted octanol–water partition coefficient (Wildman–Crippen LogP) is 4.24. The highest BCUT2D eigenvalue weighted by molar-refractivity contribution is 9.10. The third-order valence-electron chi connectivity index (χ3n) is 1.88. The van der Waals surface area contributed by atoms with E-state index in [0.29, 0.717) is 0 Å². The third-order valence-corrected chi connectivity index (χ3v) is 2.53. The Kier molecular flexibility index (Phi) is 4.22. The Balaban J connectivity index is 3.23. The summed E-state index contributed by atoms with van der Waals surface area (Å²) in [5.74, 6) is -0.373. The van der Waals surface area contributed by atoms with E-state index in [4.69, 9.17) is 11.6 Å². The van der Waals surface area contributed by atoms with Gasteiger partial charge in [0.2, 0.25) is 0 Å². The molecule has 1 unspecified atom stereocenters. The lowest BCUT2D eigenvalue weighted by molar-refractivity contribution is 0.0982. The normalized spacial score (nSPS) is 12.9. The van der Waals surface area contributed by atoms with E-state index in [1.807, 2.05) is 0 Å². The highest BCUT2D eigenvalue weighted by atomic mass is 79.9. The van der Waals surface area contributed by atoms with E-state index in [1.54, 1.807) is 6.92 Å². The van der Waals surface area contributed by atoms with Gasteiger partial charge >= 0.3 is 0 Å². The summed E-state index contributed by atoms with van der Waals surface area (Å²) >= 11 is 8.64. The highest BCUT2D eigenvalue weighted by Gasteiger charge is 2.21. The van der Waals surface area contributed by atoms with E-state index < -0.39 is 11.3 Å². The van der Waals surface area contributed by atoms with E-state index in [-0.39, 0.29) is 21.9 Å². The van der Waals surface area contributed by atoms with Gasteiger partial charge in [0.15, 0.2) is 5.78 Å². The van der Waals surface area contributed by atoms with Crippen molar-refractivity contribution in [2.45, 2.75) is 18.2 Å². The topological polar surface area (TPSA) is 17.1 Å². The van der Waals surface area contributed by atoms with Crippen molar-refractivity contribution in [3.05, 3.63) is 34.3 Å². The molecule has 1 aromatic rings. The van der Waals surface area contributed by atoms with Crippen LogP contribution in [0.25, 0.3) is 0 Å². The number of carbonyl (C=O) groups excluding carboxylic acids is 1. The lowest BCUT2D eigenvalue weighted by atomic mass is 10.0. The molecule has 0 bridgehead atoms. The quantitative estimate of drug-likeness (QED) is 0.602. The van der Waals surface area contributed by atoms with Gasteiger partial charge in [-0.05, 0) is 25.1 Å². The fraction of sp³-hybridized carbons (Fsp3) is 0.300. The molecular weight excluding hydrogens is 289 g/mol. The van der Waals surface area contributed by atoms with Gasteiger partial charge in [0.05, 0.1) is 4.83 Å². The Morgan fingerprint density at radius 3 is 2.53 bits per heavy atom. The van der Waals surface area contributed by atoms with Crippen molar-refractivity contribution < 1.29 is 13.6 Å². The van der Waals surface area contributed by atoms with Crippen molar-refractivity contribution in [2.75, 3.05) is 0 Å². The van der Waals surface area contributed by atoms with E-state index in [9.17, 15) is 13.6 Å². The molecule has 15 heavy (non-hydrogen) atoms. The van der Waals surface area contributed by atoms with Crippen molar-refractivity contribution in [2.24, 2.45) is 0 Å². The van der Waals surface area contributed by atoms with Crippen molar-refractivity contribution >= 4 is 33.3 Å². The van der Waals surface area contributed by atoms with Gasteiger partial charge in [-0.15, -0.1) is 0 Å². The van der Waals surface area contributed by atoms with Gasteiger partial charge in [-0.3, -0.25) is 4.79 Å². The predicted molar refractivity (Wildman–Crippen MR) is 59.1 cm³/mol. The lowest BCUT2D eigenvalue weighted by Crippen LogP contribution is -2.12. The summed E-state index contributed by atoms with van der Waals surface area (Å²) in [5.41, 5.74) is -0.308. The zero-order valence-electron chi connectivity index (χ0n) is 7.81. The smallest absolute Gasteiger partial charge is 0.264 e. The zero-order chi connectivity index (χ0) is 11.6. The number of hydrogen-bond acceptors (Lipinski definition) is 1. The molecule has 1 aromatic carbocycles. The summed E-state index contributed by atoms with van der Waals surface area (Å²) in [7, 11) is 0. The molecule has 82 valence electrons. The van der Waals surface area contributed by atoms with Gasteiger partial charge < -0.3 is 0 Å². The molecule has 0 radical (unpaired) electrons. The van der Waals surface area contributed by atoms with Crippen molar-refractivity contribution in [3.63, 3.8) is 0 Å². The van der Waals surface area contributed by atoms with Gasteiger partial charge in [-0.1, -0.05) is 27.5 Å². The second-order valence-electron chi connectivity index (χ2n) is 3.01. The Bertz CT molecular complexity index is 380. The molecule has 0 aromatic heterocycles. The van der Waals surface area contributed by atoms with Gasteiger partial charge in [-0.25, -0.2) is 8.78 Å². The van der Waals surface area contributed by atoms with Crippen LogP contribution in [0.15, 0.2) is 18.2 Å². The third kappa shape index (κ3) is 2.98. The molecule has 5 heteroatoms. The number of Topliss-reactive ketones (excluding diaryl/α,β-unsaturated/α-hetero) is 1. The minimum atomic E-state index is -2.70. The van der Waals surface area contributed by atoms with Crippen LogP contribution in [-0.4, -0.2) is 10.6 Å². The fourth-order valence-electron chi connectivity index (χ4n) is 1.15. The monoisotopic (exact) mass is 296 g/mol. The largest absolute Gasteiger partial charge is 0.293 e. The molecule has 0 spiro atoms. The molecule has 1 nitrogen and oxygen atoms in total. The second kappa shape index (κ2) is 5.03. The van der Waals surface area contributed by atoms with Crippen molar-refractivity contribution in [3.8, 4) is 0 Å². The van der Waals surface area contributed by atoms with Crippen LogP contribution in [0.2, 0.25) is 5.02 Å². The van der Waals surface area contributed by atoms with Crippen molar-refractivity contribution in [1.29, 1.82) is 0 Å². The molecule has 0 fully saturated rings. The average molecular weight is 298 g/mol. The maximum absolute atomic E-state index is 12.6. The van der Waals surface area contributed by atoms with E-state index >= 15 is 0 Å². The first-order chi connectivity index (χ1) is 6.93. The van der Waals surface area contributed by atoms with Gasteiger partial charge in [0.1, 0.15) is 0 Å². The highest BCUT2D eigenvalue weighted by Crippen LogP contribution is 2.27. The van der Waals surface area contributed by atoms with Crippen LogP contribution < -0.4 is 0 Å². The minimum absolute atomic E-state index is 0.0128. The van der Waals surface area contributed by atoms with Crippen LogP contribution in [-0.2, 0) is 0 Å². The summed E-state index contributed by atoms with van der Waals surface area (Å²) < 4.78 is 25.2. The van der Waals surface area contributed by atoms with E-state index in [0.717, 1.165) is 6.07 Å². The molecule has 0 aliphatic carbocycles. The summed E-state index contributed by atoms with van der Waals surface area (Å²) in [4.78, 5) is 11.1. The van der Waals surface area contributed by atoms with Gasteiger partial charge in [0, 0.05) is 16.1 Å². The molecule has 0 amide bonds. The Hall–Kier alpha value is -0.480. The Labute approximate surface area is 99.6 Å². The molecule has 0 aliphatic rings. The number of alkyl halides is 3. The number of rotatable bonds is 3. The van der Waals surface area contributed by atoms with Crippen LogP contribution >= 0.6 is 27.5 Å². The first kappa shape index (κ1) is 12.6. The van der Waals surface area contributed by atoms with Crippen LogP contribution in [0.4, 0.5) is 8.78 Å². The molecule has 0 saturated carbocycles. The molecule has 1 atom stereocenters. The van der Waals surface area contributed by atoms with E-state index in [1.165, 1.54) is 12.1 Å². The summed E-state index contributed by atoms with van der Waals surface area (Å²) in [5, 5.41) is 0.198. The molecule has 0 saturated heterocycles. The number of halogens is 4. The van der Waals surface area contributed by atoms with E-state index in [2.05, 4.69) is 15.9 Å². The van der Waals surface area contributed by atoms with Crippen LogP contribution in [0.1, 0.15) is 29.3 Å². The SMILES string of the molecule is CC(Br)C(=O)c1ccc(Cl)cc1C(F)F. The summed E-state index contributed by atoms with van der Waals surface area (Å²) in [6, 6.07) is 3.87. The standard InChI is InChI=1S/C10H8BrClF2O/c1-5(11)9(15)7-3-2-6(12)4-8(7)10(13)14/h2-5,10H,1H3. The first-order valence-corrected chi connectivity index (χ1v) is 5.48. The summed E-state index contributed by atoms with van der Waals surface area (Å²) in [6.45, 7) is 1.59. The molecular formula is C10H8BrClF2O. The number of carbonyl (C=O) groups is 1. The number of hydrogen-bond donors (Lipinski definition) is 0. The zero-order valence-corrected chi connectivity index (χ0v) is 10.1. The molecule has 0 aliphatic heterocycles. The maximum atomic E-state index is 12.6.